The van der Waals surface area contributed by atoms with E-state index < -0.39 is 5.41 Å². The van der Waals surface area contributed by atoms with Gasteiger partial charge in [0, 0.05) is 47.6 Å². The van der Waals surface area contributed by atoms with Gasteiger partial charge < -0.3 is 19.4 Å². The minimum absolute atomic E-state index is 0.0540. The molecular formula is C35H36N4O4. The molecule has 1 N–H and O–H groups in total. The molecule has 2 aliphatic carbocycles. The highest BCUT2D eigenvalue weighted by Crippen LogP contribution is 2.51. The molecule has 3 aliphatic rings. The first-order valence-corrected chi connectivity index (χ1v) is 15.2. The van der Waals surface area contributed by atoms with Crippen molar-refractivity contribution in [3.05, 3.63) is 81.3 Å². The summed E-state index contributed by atoms with van der Waals surface area (Å²) in [4.78, 5) is 37.3. The van der Waals surface area contributed by atoms with Gasteiger partial charge in [0.15, 0.2) is 17.1 Å². The lowest BCUT2D eigenvalue weighted by atomic mass is 9.69. The molecule has 220 valence electrons. The molecule has 0 spiro atoms. The standard InChI is InChI=1S/C35H36N4O4/c1-21-14-24(23-8-9-28-30(41)19-32(43-31(28)18-23)39-10-12-42-13-11-39)16-27(15-21)37-34-36-20-25-17-29(22(2)40)35(3,33(25)38-34)26-6-4-5-7-26/h8-9,14-20,26H,4-7,10-13H2,1-3H3,(H,36,37,38). The van der Waals surface area contributed by atoms with Crippen molar-refractivity contribution in [2.24, 2.45) is 5.92 Å². The van der Waals surface area contributed by atoms with E-state index >= 15 is 0 Å². The zero-order valence-electron chi connectivity index (χ0n) is 24.9. The smallest absolute Gasteiger partial charge is 0.227 e. The van der Waals surface area contributed by atoms with Crippen LogP contribution in [-0.2, 0) is 14.9 Å². The average molecular weight is 577 g/mol. The van der Waals surface area contributed by atoms with Crippen molar-refractivity contribution in [1.29, 1.82) is 0 Å². The number of morpholine rings is 1. The summed E-state index contributed by atoms with van der Waals surface area (Å²) < 4.78 is 11.7. The summed E-state index contributed by atoms with van der Waals surface area (Å²) in [6.07, 6.45) is 8.42. The van der Waals surface area contributed by atoms with E-state index in [1.165, 1.54) is 12.8 Å². The second-order valence-corrected chi connectivity index (χ2v) is 12.3. The molecule has 1 saturated carbocycles. The van der Waals surface area contributed by atoms with Gasteiger partial charge in [-0.25, -0.2) is 9.97 Å². The molecule has 1 unspecified atom stereocenters. The Bertz CT molecular complexity index is 1830. The molecule has 7 rings (SSSR count). The molecule has 43 heavy (non-hydrogen) atoms. The first-order chi connectivity index (χ1) is 20.8. The number of aromatic nitrogens is 2. The van der Waals surface area contributed by atoms with Crippen molar-refractivity contribution < 1.29 is 13.9 Å². The lowest BCUT2D eigenvalue weighted by molar-refractivity contribution is -0.114. The highest BCUT2D eigenvalue weighted by atomic mass is 16.5. The predicted octanol–water partition coefficient (Wildman–Crippen LogP) is 6.57. The second-order valence-electron chi connectivity index (χ2n) is 12.3. The number of rotatable bonds is 6. The van der Waals surface area contributed by atoms with Crippen molar-refractivity contribution >= 4 is 40.3 Å². The summed E-state index contributed by atoms with van der Waals surface area (Å²) >= 11 is 0. The highest BCUT2D eigenvalue weighted by molar-refractivity contribution is 6.02. The molecule has 1 saturated heterocycles. The van der Waals surface area contributed by atoms with Crippen molar-refractivity contribution in [2.75, 3.05) is 36.5 Å². The minimum Gasteiger partial charge on any atom is -0.440 e. The van der Waals surface area contributed by atoms with Crippen LogP contribution in [-0.4, -0.2) is 42.1 Å². The third-order valence-corrected chi connectivity index (χ3v) is 9.43. The summed E-state index contributed by atoms with van der Waals surface area (Å²) in [5.41, 5.74) is 6.69. The van der Waals surface area contributed by atoms with Crippen LogP contribution in [0.5, 0.6) is 0 Å². The normalized spacial score (nSPS) is 20.3. The number of nitrogens with one attached hydrogen (secondary N) is 1. The number of aryl methyl sites for hydroxylation is 1. The van der Waals surface area contributed by atoms with Crippen LogP contribution in [0.3, 0.4) is 0 Å². The van der Waals surface area contributed by atoms with Crippen molar-refractivity contribution in [3.8, 4) is 11.1 Å². The van der Waals surface area contributed by atoms with Gasteiger partial charge in [0.25, 0.3) is 0 Å². The summed E-state index contributed by atoms with van der Waals surface area (Å²) in [7, 11) is 0. The molecule has 3 heterocycles. The van der Waals surface area contributed by atoms with E-state index in [2.05, 4.69) is 47.2 Å². The maximum absolute atomic E-state index is 12.9. The number of carbonyl (C=O) groups is 1. The van der Waals surface area contributed by atoms with Crippen molar-refractivity contribution in [2.45, 2.75) is 51.9 Å². The fourth-order valence-corrected chi connectivity index (χ4v) is 7.20. The Labute approximate surface area is 250 Å². The SMILES string of the molecule is CC(=O)C1=Cc2cnc(Nc3cc(C)cc(-c4ccc5c(=O)cc(N6CCOCC6)oc5c4)c3)nc2C1(C)C1CCCC1. The monoisotopic (exact) mass is 576 g/mol. The van der Waals surface area contributed by atoms with Crippen molar-refractivity contribution in [3.63, 3.8) is 0 Å². The maximum atomic E-state index is 12.9. The highest BCUT2D eigenvalue weighted by Gasteiger charge is 2.47. The predicted molar refractivity (Wildman–Crippen MR) is 169 cm³/mol. The van der Waals surface area contributed by atoms with Gasteiger partial charge in [-0.15, -0.1) is 0 Å². The number of nitrogens with zero attached hydrogens (tertiary/aromatic N) is 3. The number of ketones is 1. The molecule has 1 aliphatic heterocycles. The molecule has 0 amide bonds. The Morgan fingerprint density at radius 2 is 1.84 bits per heavy atom. The Morgan fingerprint density at radius 3 is 2.60 bits per heavy atom. The molecule has 2 aromatic heterocycles. The zero-order chi connectivity index (χ0) is 29.7. The van der Waals surface area contributed by atoms with E-state index in [1.807, 2.05) is 30.5 Å². The van der Waals surface area contributed by atoms with Gasteiger partial charge in [-0.3, -0.25) is 9.59 Å². The second kappa shape index (κ2) is 10.8. The van der Waals surface area contributed by atoms with Crippen LogP contribution in [0.4, 0.5) is 17.5 Å². The van der Waals surface area contributed by atoms with Crippen LogP contribution in [0.15, 0.2) is 63.4 Å². The van der Waals surface area contributed by atoms with Crippen LogP contribution in [0, 0.1) is 12.8 Å². The third kappa shape index (κ3) is 4.93. The van der Waals surface area contributed by atoms with Gasteiger partial charge in [-0.2, -0.15) is 0 Å². The van der Waals surface area contributed by atoms with Gasteiger partial charge in [0.2, 0.25) is 5.95 Å². The fourth-order valence-electron chi connectivity index (χ4n) is 7.20. The summed E-state index contributed by atoms with van der Waals surface area (Å²) in [6, 6.07) is 13.5. The number of anilines is 3. The topological polar surface area (TPSA) is 97.6 Å². The Hall–Kier alpha value is -4.30. The lowest BCUT2D eigenvalue weighted by Gasteiger charge is -2.34. The first kappa shape index (κ1) is 27.5. The van der Waals surface area contributed by atoms with E-state index in [0.29, 0.717) is 55.0 Å². The van der Waals surface area contributed by atoms with Crippen LogP contribution in [0.25, 0.3) is 28.2 Å². The van der Waals surface area contributed by atoms with E-state index in [9.17, 15) is 9.59 Å². The van der Waals surface area contributed by atoms with E-state index in [0.717, 1.165) is 52.0 Å². The summed E-state index contributed by atoms with van der Waals surface area (Å²) in [6.45, 7) is 8.51. The van der Waals surface area contributed by atoms with Crippen LogP contribution >= 0.6 is 0 Å². The number of hydrogen-bond acceptors (Lipinski definition) is 8. The molecule has 8 heteroatoms. The van der Waals surface area contributed by atoms with Crippen LogP contribution in [0.1, 0.15) is 56.4 Å². The van der Waals surface area contributed by atoms with Gasteiger partial charge in [0.1, 0.15) is 5.58 Å². The maximum Gasteiger partial charge on any atom is 0.227 e. The minimum atomic E-state index is -0.399. The largest absolute Gasteiger partial charge is 0.440 e. The van der Waals surface area contributed by atoms with Gasteiger partial charge >= 0.3 is 0 Å². The fraction of sp³-hybridized carbons (Fsp3) is 0.371. The molecule has 2 fully saturated rings. The Morgan fingerprint density at radius 1 is 1.05 bits per heavy atom. The molecule has 1 atom stereocenters. The quantitative estimate of drug-likeness (QED) is 0.275. The number of ether oxygens (including phenoxy) is 1. The number of allylic oxidation sites excluding steroid dienone is 1. The lowest BCUT2D eigenvalue weighted by Crippen LogP contribution is -2.36. The van der Waals surface area contributed by atoms with E-state index in [4.69, 9.17) is 14.1 Å². The first-order valence-electron chi connectivity index (χ1n) is 15.2. The third-order valence-electron chi connectivity index (χ3n) is 9.43. The van der Waals surface area contributed by atoms with E-state index in [1.54, 1.807) is 13.0 Å². The van der Waals surface area contributed by atoms with Gasteiger partial charge in [-0.1, -0.05) is 25.0 Å². The molecular weight excluding hydrogens is 540 g/mol. The number of benzene rings is 2. The molecule has 2 aromatic carbocycles. The van der Waals surface area contributed by atoms with Gasteiger partial charge in [-0.05, 0) is 86.6 Å². The molecule has 8 nitrogen and oxygen atoms in total. The molecule has 0 bridgehead atoms. The number of fused-ring (bicyclic) bond motifs is 2. The Kier molecular flexibility index (Phi) is 6.89. The summed E-state index contributed by atoms with van der Waals surface area (Å²) in [5, 5.41) is 3.99. The number of Topliss-reactive ketones (excluding diaryl/α,β-unsaturated/α-hetero) is 1. The molecule has 0 radical (unpaired) electrons. The zero-order valence-corrected chi connectivity index (χ0v) is 24.9. The van der Waals surface area contributed by atoms with E-state index in [-0.39, 0.29) is 11.2 Å². The van der Waals surface area contributed by atoms with Gasteiger partial charge in [0.05, 0.1) is 24.3 Å². The number of carbonyl (C=O) groups excluding carboxylic acids is 1. The van der Waals surface area contributed by atoms with Crippen molar-refractivity contribution in [1.82, 2.24) is 9.97 Å². The number of hydrogen-bond donors (Lipinski definition) is 1. The average Bonchev–Trinajstić information content (AvgIpc) is 3.65. The summed E-state index contributed by atoms with van der Waals surface area (Å²) in [5.74, 6) is 1.59. The molecule has 4 aromatic rings. The Balaban J connectivity index is 1.21. The van der Waals surface area contributed by atoms with Crippen LogP contribution < -0.4 is 15.6 Å². The van der Waals surface area contributed by atoms with Crippen LogP contribution in [0.2, 0.25) is 0 Å².